The summed E-state index contributed by atoms with van der Waals surface area (Å²) in [5.41, 5.74) is 15.2. The molecular formula is C66H67N7. The van der Waals surface area contributed by atoms with E-state index in [-0.39, 0.29) is 21.7 Å². The van der Waals surface area contributed by atoms with E-state index < -0.39 is 0 Å². The van der Waals surface area contributed by atoms with Crippen LogP contribution in [-0.4, -0.2) is 34.5 Å². The Kier molecular flexibility index (Phi) is 12.2. The third-order valence-electron chi connectivity index (χ3n) is 14.0. The number of aromatic nitrogens is 7. The van der Waals surface area contributed by atoms with E-state index in [9.17, 15) is 0 Å². The average Bonchev–Trinajstić information content (AvgIpc) is 3.67. The van der Waals surface area contributed by atoms with Crippen LogP contribution in [0.5, 0.6) is 0 Å². The lowest BCUT2D eigenvalue weighted by atomic mass is 9.79. The monoisotopic (exact) mass is 958 g/mol. The van der Waals surface area contributed by atoms with Crippen LogP contribution in [-0.2, 0) is 21.7 Å². The van der Waals surface area contributed by atoms with Gasteiger partial charge in [0, 0.05) is 44.2 Å². The minimum atomic E-state index is -0.131. The lowest BCUT2D eigenvalue weighted by Gasteiger charge is -2.26. The third kappa shape index (κ3) is 9.86. The summed E-state index contributed by atoms with van der Waals surface area (Å²) in [6.07, 6.45) is 0. The predicted molar refractivity (Wildman–Crippen MR) is 304 cm³/mol. The maximum Gasteiger partial charge on any atom is 0.166 e. The molecule has 10 aromatic rings. The van der Waals surface area contributed by atoms with Crippen LogP contribution in [0.25, 0.3) is 95.8 Å². The van der Waals surface area contributed by atoms with Gasteiger partial charge in [0.05, 0.1) is 16.7 Å². The average molecular weight is 958 g/mol. The second kappa shape index (κ2) is 18.1. The van der Waals surface area contributed by atoms with E-state index in [1.165, 1.54) is 44.2 Å². The zero-order valence-corrected chi connectivity index (χ0v) is 45.1. The first kappa shape index (κ1) is 49.0. The number of hydrogen-bond acceptors (Lipinski definition) is 6. The molecule has 73 heavy (non-hydrogen) atoms. The molecule has 0 saturated carbocycles. The second-order valence-corrected chi connectivity index (χ2v) is 24.1. The van der Waals surface area contributed by atoms with Gasteiger partial charge in [-0.15, -0.1) is 0 Å². The first-order valence-electron chi connectivity index (χ1n) is 25.6. The van der Waals surface area contributed by atoms with Gasteiger partial charge in [-0.25, -0.2) is 29.9 Å². The molecule has 0 radical (unpaired) electrons. The number of fused-ring (bicyclic) bond motifs is 3. The zero-order valence-electron chi connectivity index (χ0n) is 45.1. The van der Waals surface area contributed by atoms with Crippen molar-refractivity contribution in [1.29, 1.82) is 0 Å². The quantitative estimate of drug-likeness (QED) is 0.158. The molecule has 0 bridgehead atoms. The van der Waals surface area contributed by atoms with Crippen LogP contribution >= 0.6 is 0 Å². The highest BCUT2D eigenvalue weighted by atomic mass is 15.1. The van der Waals surface area contributed by atoms with Gasteiger partial charge in [0.15, 0.2) is 34.9 Å². The lowest BCUT2D eigenvalue weighted by Crippen LogP contribution is -2.17. The lowest BCUT2D eigenvalue weighted by molar-refractivity contribution is 0.568. The van der Waals surface area contributed by atoms with Crippen LogP contribution in [0.4, 0.5) is 0 Å². The Labute approximate surface area is 432 Å². The van der Waals surface area contributed by atoms with Gasteiger partial charge in [-0.1, -0.05) is 179 Å². The minimum Gasteiger partial charge on any atom is -0.309 e. The molecule has 0 N–H and O–H groups in total. The minimum absolute atomic E-state index is 0.131. The molecule has 7 aromatic carbocycles. The summed E-state index contributed by atoms with van der Waals surface area (Å²) in [6.45, 7) is 31.6. The van der Waals surface area contributed by atoms with Gasteiger partial charge in [-0.05, 0) is 124 Å². The normalized spacial score (nSPS) is 12.5. The molecule has 0 saturated heterocycles. The summed E-state index contributed by atoms with van der Waals surface area (Å²) in [5, 5.41) is 2.37. The third-order valence-corrected chi connectivity index (χ3v) is 14.0. The summed E-state index contributed by atoms with van der Waals surface area (Å²) < 4.78 is 2.37. The van der Waals surface area contributed by atoms with Crippen molar-refractivity contribution >= 4 is 21.8 Å². The summed E-state index contributed by atoms with van der Waals surface area (Å²) >= 11 is 0. The molecule has 366 valence electrons. The molecule has 0 atom stereocenters. The topological polar surface area (TPSA) is 82.3 Å². The SMILES string of the molecule is Cc1ccc2c(c1)c1cc(C)ccc1n2-c1ccc(-c2nc(-c3ccccc3)nc(-c3ccccc3)n2)cc1-c1nc(-c2cc(C(C)(C)C)cc(C(C)(C)C)c2)nc(-c2cc(C(C)(C)C)cc(C(C)(C)C)c2)n1. The van der Waals surface area contributed by atoms with Gasteiger partial charge in [-0.2, -0.15) is 0 Å². The summed E-state index contributed by atoms with van der Waals surface area (Å²) in [7, 11) is 0. The fourth-order valence-electron chi connectivity index (χ4n) is 9.50. The van der Waals surface area contributed by atoms with E-state index >= 15 is 0 Å². The molecule has 7 heteroatoms. The van der Waals surface area contributed by atoms with Gasteiger partial charge < -0.3 is 4.57 Å². The summed E-state index contributed by atoms with van der Waals surface area (Å²) in [4.78, 5) is 32.3. The molecule has 0 unspecified atom stereocenters. The maximum atomic E-state index is 5.62. The van der Waals surface area contributed by atoms with Crippen LogP contribution in [0.15, 0.2) is 152 Å². The molecule has 3 aromatic heterocycles. The first-order chi connectivity index (χ1) is 34.5. The maximum absolute atomic E-state index is 5.62. The highest BCUT2D eigenvalue weighted by molar-refractivity contribution is 6.10. The number of nitrogens with zero attached hydrogens (tertiary/aromatic N) is 7. The first-order valence-corrected chi connectivity index (χ1v) is 25.6. The Bertz CT molecular complexity index is 3450. The van der Waals surface area contributed by atoms with Gasteiger partial charge >= 0.3 is 0 Å². The fraction of sp³-hybridized carbons (Fsp3) is 0.273. The molecule has 10 rings (SSSR count). The molecular weight excluding hydrogens is 891 g/mol. The Morgan fingerprint density at radius 2 is 0.644 bits per heavy atom. The van der Waals surface area contributed by atoms with Crippen molar-refractivity contribution in [1.82, 2.24) is 34.5 Å². The molecule has 0 aliphatic rings. The highest BCUT2D eigenvalue weighted by Crippen LogP contribution is 2.41. The van der Waals surface area contributed by atoms with Crippen LogP contribution in [0.3, 0.4) is 0 Å². The smallest absolute Gasteiger partial charge is 0.166 e. The van der Waals surface area contributed by atoms with Gasteiger partial charge in [0.1, 0.15) is 0 Å². The zero-order chi connectivity index (χ0) is 51.8. The van der Waals surface area contributed by atoms with Crippen molar-refractivity contribution in [3.8, 4) is 74.0 Å². The second-order valence-electron chi connectivity index (χ2n) is 24.1. The van der Waals surface area contributed by atoms with Gasteiger partial charge in [0.2, 0.25) is 0 Å². The fourth-order valence-corrected chi connectivity index (χ4v) is 9.50. The van der Waals surface area contributed by atoms with Crippen molar-refractivity contribution in [3.63, 3.8) is 0 Å². The van der Waals surface area contributed by atoms with Crippen LogP contribution in [0, 0.1) is 13.8 Å². The molecule has 0 aliphatic heterocycles. The molecule has 0 aliphatic carbocycles. The standard InChI is InChI=1S/C66H67N7/c1-40-25-28-54-51(31-40)52-32-41(2)26-29-55(52)73(54)56-30-27-44(59-68-57(42-21-17-15-18-22-42)67-58(69-59)43-23-19-16-20-24-43)37-53(56)62-71-60(45-33-47(63(3,4)5)38-48(34-45)64(6,7)8)70-61(72-62)46-35-49(65(9,10)11)39-50(36-46)66(12,13)14/h15-39H,1-14H3. The highest BCUT2D eigenvalue weighted by Gasteiger charge is 2.27. The predicted octanol–water partition coefficient (Wildman–Crippen LogP) is 17.0. The van der Waals surface area contributed by atoms with E-state index in [1.54, 1.807) is 0 Å². The van der Waals surface area contributed by atoms with Crippen molar-refractivity contribution in [3.05, 3.63) is 185 Å². The van der Waals surface area contributed by atoms with Crippen LogP contribution in [0.1, 0.15) is 116 Å². The van der Waals surface area contributed by atoms with Crippen molar-refractivity contribution < 1.29 is 0 Å². The number of aryl methyl sites for hydroxylation is 2. The van der Waals surface area contributed by atoms with Gasteiger partial charge in [-0.3, -0.25) is 0 Å². The van der Waals surface area contributed by atoms with Crippen molar-refractivity contribution in [2.75, 3.05) is 0 Å². The number of hydrogen-bond donors (Lipinski definition) is 0. The Balaban J connectivity index is 1.33. The Morgan fingerprint density at radius 3 is 1.01 bits per heavy atom. The van der Waals surface area contributed by atoms with Crippen molar-refractivity contribution in [2.24, 2.45) is 0 Å². The van der Waals surface area contributed by atoms with E-state index in [0.717, 1.165) is 50.1 Å². The molecule has 0 amide bonds. The largest absolute Gasteiger partial charge is 0.309 e. The van der Waals surface area contributed by atoms with E-state index in [4.69, 9.17) is 29.9 Å². The Morgan fingerprint density at radius 1 is 0.301 bits per heavy atom. The Hall–Kier alpha value is -7.64. The van der Waals surface area contributed by atoms with E-state index in [2.05, 4.69) is 192 Å². The number of rotatable bonds is 7. The van der Waals surface area contributed by atoms with E-state index in [1.807, 2.05) is 60.7 Å². The molecule has 3 heterocycles. The molecule has 0 spiro atoms. The van der Waals surface area contributed by atoms with E-state index in [0.29, 0.717) is 34.9 Å². The summed E-state index contributed by atoms with van der Waals surface area (Å²) in [5.74, 6) is 3.49. The number of benzene rings is 7. The molecule has 7 nitrogen and oxygen atoms in total. The van der Waals surface area contributed by atoms with Crippen LogP contribution < -0.4 is 0 Å². The van der Waals surface area contributed by atoms with Crippen LogP contribution in [0.2, 0.25) is 0 Å². The summed E-state index contributed by atoms with van der Waals surface area (Å²) in [6, 6.07) is 54.0. The van der Waals surface area contributed by atoms with Crippen molar-refractivity contribution in [2.45, 2.75) is 119 Å². The van der Waals surface area contributed by atoms with Gasteiger partial charge in [0.25, 0.3) is 0 Å². The molecule has 0 fully saturated rings.